The van der Waals surface area contributed by atoms with Gasteiger partial charge in [0.05, 0.1) is 5.70 Å². The highest BCUT2D eigenvalue weighted by Crippen LogP contribution is 2.26. The molecule has 15 heavy (non-hydrogen) atoms. The molecule has 1 N–H and O–H groups in total. The van der Waals surface area contributed by atoms with Crippen molar-refractivity contribution in [2.45, 2.75) is 13.3 Å². The van der Waals surface area contributed by atoms with E-state index in [1.807, 2.05) is 29.7 Å². The lowest BCUT2D eigenvalue weighted by Crippen LogP contribution is -2.11. The van der Waals surface area contributed by atoms with Crippen molar-refractivity contribution in [3.63, 3.8) is 0 Å². The molecule has 0 saturated heterocycles. The van der Waals surface area contributed by atoms with Gasteiger partial charge in [-0.3, -0.25) is 4.79 Å². The monoisotopic (exact) mass is 219 g/mol. The van der Waals surface area contributed by atoms with Gasteiger partial charge in [0.2, 0.25) is 0 Å². The minimum absolute atomic E-state index is 0.00829. The zero-order valence-corrected chi connectivity index (χ0v) is 9.43. The third kappa shape index (κ3) is 2.07. The molecule has 1 aliphatic heterocycles. The molecule has 0 saturated carbocycles. The molecule has 78 valence electrons. The molecule has 0 unspecified atom stereocenters. The van der Waals surface area contributed by atoms with Crippen LogP contribution in [0, 0.1) is 0 Å². The van der Waals surface area contributed by atoms with Crippen molar-refractivity contribution in [3.05, 3.63) is 40.8 Å². The lowest BCUT2D eigenvalue weighted by atomic mass is 10.1. The lowest BCUT2D eigenvalue weighted by molar-refractivity contribution is 0.0981. The first-order valence-corrected chi connectivity index (χ1v) is 6.10. The highest BCUT2D eigenvalue weighted by Gasteiger charge is 2.22. The number of carbonyl (C=O) groups is 1. The van der Waals surface area contributed by atoms with Crippen LogP contribution in [0.2, 0.25) is 0 Å². The molecule has 1 aromatic carbocycles. The third-order valence-electron chi connectivity index (χ3n) is 2.23. The minimum atomic E-state index is 0.00829. The summed E-state index contributed by atoms with van der Waals surface area (Å²) >= 11 is 1.74. The molecule has 1 aliphatic rings. The van der Waals surface area contributed by atoms with Gasteiger partial charge in [0.15, 0.2) is 0 Å². The highest BCUT2D eigenvalue weighted by molar-refractivity contribution is 8.02. The first-order valence-electron chi connectivity index (χ1n) is 5.05. The van der Waals surface area contributed by atoms with Crippen LogP contribution in [0.3, 0.4) is 0 Å². The second-order valence-electron chi connectivity index (χ2n) is 3.40. The molecule has 0 bridgehead atoms. The number of fused-ring (bicyclic) bond motifs is 1. The average molecular weight is 219 g/mol. The highest BCUT2D eigenvalue weighted by atomic mass is 32.2. The van der Waals surface area contributed by atoms with Crippen LogP contribution in [-0.2, 0) is 0 Å². The largest absolute Gasteiger partial charge is 0.321 e. The van der Waals surface area contributed by atoms with E-state index in [9.17, 15) is 4.79 Å². The van der Waals surface area contributed by atoms with E-state index in [1.54, 1.807) is 11.8 Å². The maximum atomic E-state index is 11.5. The Bertz CT molecular complexity index is 412. The van der Waals surface area contributed by atoms with E-state index in [0.717, 1.165) is 29.0 Å². The van der Waals surface area contributed by atoms with Gasteiger partial charge in [0.1, 0.15) is 0 Å². The number of nitrogens with one attached hydrogen (secondary N) is 1. The minimum Gasteiger partial charge on any atom is -0.321 e. The molecule has 1 heterocycles. The fourth-order valence-corrected chi connectivity index (χ4v) is 2.23. The topological polar surface area (TPSA) is 29.1 Å². The van der Waals surface area contributed by atoms with E-state index in [0.29, 0.717) is 0 Å². The second kappa shape index (κ2) is 4.53. The van der Waals surface area contributed by atoms with Crippen molar-refractivity contribution >= 4 is 23.4 Å². The Balaban J connectivity index is 2.24. The molecular weight excluding hydrogens is 206 g/mol. The van der Waals surface area contributed by atoms with E-state index >= 15 is 0 Å². The Kier molecular flexibility index (Phi) is 3.11. The molecule has 0 atom stereocenters. The fraction of sp³-hybridized carbons (Fsp3) is 0.250. The van der Waals surface area contributed by atoms with Crippen molar-refractivity contribution in [1.82, 2.24) is 5.32 Å². The molecule has 2 nitrogen and oxygen atoms in total. The predicted molar refractivity (Wildman–Crippen MR) is 64.6 cm³/mol. The second-order valence-corrected chi connectivity index (χ2v) is 4.38. The van der Waals surface area contributed by atoms with Gasteiger partial charge in [0, 0.05) is 11.1 Å². The number of hydrogen-bond acceptors (Lipinski definition) is 2. The fourth-order valence-electron chi connectivity index (χ4n) is 1.53. The molecule has 0 aliphatic carbocycles. The standard InChI is InChI=1S/C12H13NOS/c1-2-7-15-8-11-9-5-3-4-6-10(9)12(14)13-11/h3-6,8H,2,7H2,1H3,(H,13,14)/b11-8-. The van der Waals surface area contributed by atoms with Gasteiger partial charge in [-0.2, -0.15) is 0 Å². The number of amides is 1. The van der Waals surface area contributed by atoms with Crippen molar-refractivity contribution in [3.8, 4) is 0 Å². The van der Waals surface area contributed by atoms with Gasteiger partial charge in [-0.1, -0.05) is 25.1 Å². The number of rotatable bonds is 3. The third-order valence-corrected chi connectivity index (χ3v) is 3.28. The molecule has 2 rings (SSSR count). The summed E-state index contributed by atoms with van der Waals surface area (Å²) in [5.74, 6) is 1.09. The Morgan fingerprint density at radius 2 is 2.07 bits per heavy atom. The molecule has 0 aromatic heterocycles. The van der Waals surface area contributed by atoms with E-state index in [1.165, 1.54) is 0 Å². The van der Waals surface area contributed by atoms with Gasteiger partial charge < -0.3 is 5.32 Å². The Labute approximate surface area is 93.8 Å². The van der Waals surface area contributed by atoms with E-state index < -0.39 is 0 Å². The summed E-state index contributed by atoms with van der Waals surface area (Å²) in [4.78, 5) is 11.5. The molecule has 0 fully saturated rings. The number of carbonyl (C=O) groups excluding carboxylic acids is 1. The Morgan fingerprint density at radius 1 is 1.33 bits per heavy atom. The van der Waals surface area contributed by atoms with Crippen molar-refractivity contribution in [2.75, 3.05) is 5.75 Å². The maximum absolute atomic E-state index is 11.5. The first kappa shape index (κ1) is 10.3. The SMILES string of the molecule is CCCS/C=C1\NC(=O)c2ccccc21. The first-order chi connectivity index (χ1) is 7.33. The maximum Gasteiger partial charge on any atom is 0.256 e. The van der Waals surface area contributed by atoms with Crippen LogP contribution < -0.4 is 5.32 Å². The van der Waals surface area contributed by atoms with Crippen LogP contribution >= 0.6 is 11.8 Å². The van der Waals surface area contributed by atoms with E-state index in [4.69, 9.17) is 0 Å². The van der Waals surface area contributed by atoms with Crippen molar-refractivity contribution in [2.24, 2.45) is 0 Å². The van der Waals surface area contributed by atoms with Gasteiger partial charge in [-0.25, -0.2) is 0 Å². The Morgan fingerprint density at radius 3 is 2.80 bits per heavy atom. The molecular formula is C12H13NOS. The zero-order chi connectivity index (χ0) is 10.7. The summed E-state index contributed by atoms with van der Waals surface area (Å²) in [5, 5.41) is 4.91. The van der Waals surface area contributed by atoms with Crippen LogP contribution in [0.1, 0.15) is 29.3 Å². The molecule has 1 aromatic rings. The predicted octanol–water partition coefficient (Wildman–Crippen LogP) is 2.87. The average Bonchev–Trinajstić information content (AvgIpc) is 2.58. The van der Waals surface area contributed by atoms with Crippen molar-refractivity contribution in [1.29, 1.82) is 0 Å². The van der Waals surface area contributed by atoms with Crippen LogP contribution in [0.4, 0.5) is 0 Å². The van der Waals surface area contributed by atoms with Crippen LogP contribution in [0.15, 0.2) is 29.7 Å². The molecule has 0 radical (unpaired) electrons. The molecule has 1 amide bonds. The van der Waals surface area contributed by atoms with E-state index in [2.05, 4.69) is 12.2 Å². The van der Waals surface area contributed by atoms with E-state index in [-0.39, 0.29) is 5.91 Å². The number of thioether (sulfide) groups is 1. The summed E-state index contributed by atoms with van der Waals surface area (Å²) < 4.78 is 0. The van der Waals surface area contributed by atoms with Crippen LogP contribution in [-0.4, -0.2) is 11.7 Å². The quantitative estimate of drug-likeness (QED) is 0.792. The number of benzene rings is 1. The lowest BCUT2D eigenvalue weighted by Gasteiger charge is -1.98. The summed E-state index contributed by atoms with van der Waals surface area (Å²) in [5.41, 5.74) is 2.74. The normalized spacial score (nSPS) is 16.6. The summed E-state index contributed by atoms with van der Waals surface area (Å²) in [6.45, 7) is 2.15. The van der Waals surface area contributed by atoms with Gasteiger partial charge in [-0.15, -0.1) is 11.8 Å². The van der Waals surface area contributed by atoms with Gasteiger partial charge >= 0.3 is 0 Å². The summed E-state index contributed by atoms with van der Waals surface area (Å²) in [6, 6.07) is 7.68. The Hall–Kier alpha value is -1.22. The summed E-state index contributed by atoms with van der Waals surface area (Å²) in [6.07, 6.45) is 1.14. The number of hydrogen-bond donors (Lipinski definition) is 1. The van der Waals surface area contributed by atoms with Gasteiger partial charge in [-0.05, 0) is 23.6 Å². The summed E-state index contributed by atoms with van der Waals surface area (Å²) in [7, 11) is 0. The van der Waals surface area contributed by atoms with Gasteiger partial charge in [0.25, 0.3) is 5.91 Å². The zero-order valence-electron chi connectivity index (χ0n) is 8.62. The van der Waals surface area contributed by atoms with Crippen molar-refractivity contribution < 1.29 is 4.79 Å². The van der Waals surface area contributed by atoms with Crippen LogP contribution in [0.5, 0.6) is 0 Å². The smallest absolute Gasteiger partial charge is 0.256 e. The molecule has 3 heteroatoms. The van der Waals surface area contributed by atoms with Crippen LogP contribution in [0.25, 0.3) is 5.70 Å². The molecule has 0 spiro atoms.